The van der Waals surface area contributed by atoms with Crippen LogP contribution in [0.1, 0.15) is 25.3 Å². The number of hydrogen-bond donors (Lipinski definition) is 1. The third-order valence-electron chi connectivity index (χ3n) is 3.99. The number of carbonyl (C=O) groups is 3. The summed E-state index contributed by atoms with van der Waals surface area (Å²) in [6.45, 7) is 2.27. The lowest BCUT2D eigenvalue weighted by atomic mass is 10.1. The van der Waals surface area contributed by atoms with E-state index in [1.807, 2.05) is 6.92 Å². The van der Waals surface area contributed by atoms with Crippen molar-refractivity contribution < 1.29 is 28.6 Å². The monoisotopic (exact) mass is 408 g/mol. The van der Waals surface area contributed by atoms with Gasteiger partial charge < -0.3 is 19.5 Å². The van der Waals surface area contributed by atoms with Crippen molar-refractivity contribution in [2.75, 3.05) is 34.4 Å². The number of nitrogens with zero attached hydrogens (tertiary/aromatic N) is 1. The Morgan fingerprint density at radius 3 is 2.32 bits per heavy atom. The van der Waals surface area contributed by atoms with Crippen LogP contribution in [0, 0.1) is 0 Å². The summed E-state index contributed by atoms with van der Waals surface area (Å²) in [5.41, 5.74) is 0.635. The molecular weight excluding hydrogens is 384 g/mol. The van der Waals surface area contributed by atoms with Crippen LogP contribution < -0.4 is 19.5 Å². The standard InChI is InChI=1S/C19H24N2O6S/c1-5-6-16(22)20-7-8-21-18(23)15(28-19(21)24)11-12-9-13(25-2)17(27-4)14(10-12)26-3/h9-11H,5-8H2,1-4H3,(H,20,22). The summed E-state index contributed by atoms with van der Waals surface area (Å²) in [6.07, 6.45) is 2.76. The number of amides is 3. The molecule has 1 saturated heterocycles. The third-order valence-corrected chi connectivity index (χ3v) is 4.90. The molecule has 152 valence electrons. The minimum Gasteiger partial charge on any atom is -0.493 e. The van der Waals surface area contributed by atoms with Gasteiger partial charge in [-0.3, -0.25) is 19.3 Å². The Morgan fingerprint density at radius 2 is 1.79 bits per heavy atom. The molecule has 9 heteroatoms. The van der Waals surface area contributed by atoms with E-state index in [2.05, 4.69) is 5.32 Å². The molecule has 0 spiro atoms. The van der Waals surface area contributed by atoms with Crippen LogP contribution in [-0.4, -0.2) is 56.4 Å². The molecule has 1 N–H and O–H groups in total. The van der Waals surface area contributed by atoms with Gasteiger partial charge in [-0.25, -0.2) is 0 Å². The van der Waals surface area contributed by atoms with Gasteiger partial charge in [0.2, 0.25) is 11.7 Å². The first kappa shape index (κ1) is 21.6. The summed E-state index contributed by atoms with van der Waals surface area (Å²) >= 11 is 0.856. The lowest BCUT2D eigenvalue weighted by molar-refractivity contribution is -0.124. The molecule has 0 radical (unpaired) electrons. The minimum absolute atomic E-state index is 0.0950. The number of nitrogens with one attached hydrogen (secondary N) is 1. The lowest BCUT2D eigenvalue weighted by Gasteiger charge is -2.13. The second-order valence-electron chi connectivity index (χ2n) is 5.89. The van der Waals surface area contributed by atoms with Crippen molar-refractivity contribution >= 4 is 34.9 Å². The highest BCUT2D eigenvalue weighted by molar-refractivity contribution is 8.18. The van der Waals surface area contributed by atoms with Gasteiger partial charge in [-0.15, -0.1) is 0 Å². The Balaban J connectivity index is 2.16. The van der Waals surface area contributed by atoms with Gasteiger partial charge in [-0.05, 0) is 42.0 Å². The van der Waals surface area contributed by atoms with Crippen molar-refractivity contribution in [2.24, 2.45) is 0 Å². The largest absolute Gasteiger partial charge is 0.493 e. The van der Waals surface area contributed by atoms with E-state index in [0.29, 0.717) is 34.1 Å². The smallest absolute Gasteiger partial charge is 0.293 e. The molecule has 1 aliphatic rings. The molecule has 8 nitrogen and oxygen atoms in total. The second kappa shape index (κ2) is 10.0. The number of benzene rings is 1. The van der Waals surface area contributed by atoms with Crippen LogP contribution in [0.5, 0.6) is 17.2 Å². The normalized spacial score (nSPS) is 15.1. The lowest BCUT2D eigenvalue weighted by Crippen LogP contribution is -2.37. The van der Waals surface area contributed by atoms with Gasteiger partial charge in [0.15, 0.2) is 11.5 Å². The number of methoxy groups -OCH3 is 3. The molecule has 0 aromatic heterocycles. The van der Waals surface area contributed by atoms with Crippen molar-refractivity contribution in [3.63, 3.8) is 0 Å². The Morgan fingerprint density at radius 1 is 1.14 bits per heavy atom. The number of rotatable bonds is 9. The van der Waals surface area contributed by atoms with E-state index in [4.69, 9.17) is 14.2 Å². The molecule has 1 aromatic rings. The molecule has 0 aliphatic carbocycles. The van der Waals surface area contributed by atoms with Gasteiger partial charge in [0.1, 0.15) is 0 Å². The molecule has 3 amide bonds. The summed E-state index contributed by atoms with van der Waals surface area (Å²) in [5, 5.41) is 2.33. The van der Waals surface area contributed by atoms with Gasteiger partial charge >= 0.3 is 0 Å². The van der Waals surface area contributed by atoms with Gasteiger partial charge in [0, 0.05) is 19.5 Å². The van der Waals surface area contributed by atoms with Crippen LogP contribution in [0.15, 0.2) is 17.0 Å². The maximum Gasteiger partial charge on any atom is 0.293 e. The highest BCUT2D eigenvalue weighted by Gasteiger charge is 2.34. The van der Waals surface area contributed by atoms with Gasteiger partial charge in [-0.2, -0.15) is 0 Å². The van der Waals surface area contributed by atoms with E-state index < -0.39 is 5.91 Å². The van der Waals surface area contributed by atoms with Crippen LogP contribution in [0.25, 0.3) is 6.08 Å². The summed E-state index contributed by atoms with van der Waals surface area (Å²) < 4.78 is 15.9. The first-order chi connectivity index (χ1) is 13.4. The van der Waals surface area contributed by atoms with E-state index in [9.17, 15) is 14.4 Å². The van der Waals surface area contributed by atoms with Crippen LogP contribution in [0.2, 0.25) is 0 Å². The van der Waals surface area contributed by atoms with Crippen molar-refractivity contribution in [3.05, 3.63) is 22.6 Å². The summed E-state index contributed by atoms with van der Waals surface area (Å²) in [5.74, 6) is 0.853. The summed E-state index contributed by atoms with van der Waals surface area (Å²) in [7, 11) is 4.51. The average molecular weight is 408 g/mol. The second-order valence-corrected chi connectivity index (χ2v) is 6.89. The molecule has 1 aromatic carbocycles. The van der Waals surface area contributed by atoms with Gasteiger partial charge in [0.05, 0.1) is 26.2 Å². The fourth-order valence-electron chi connectivity index (χ4n) is 2.65. The van der Waals surface area contributed by atoms with E-state index in [1.54, 1.807) is 18.2 Å². The number of imide groups is 1. The fourth-order valence-corrected chi connectivity index (χ4v) is 3.52. The summed E-state index contributed by atoms with van der Waals surface area (Å²) in [4.78, 5) is 37.7. The molecule has 0 unspecified atom stereocenters. The molecule has 0 bridgehead atoms. The highest BCUT2D eigenvalue weighted by Crippen LogP contribution is 2.40. The zero-order valence-corrected chi connectivity index (χ0v) is 17.2. The SMILES string of the molecule is CCCC(=O)NCCN1C(=O)SC(=Cc2cc(OC)c(OC)c(OC)c2)C1=O. The number of hydrogen-bond acceptors (Lipinski definition) is 7. The first-order valence-electron chi connectivity index (χ1n) is 8.77. The Labute approximate surface area is 168 Å². The number of thioether (sulfide) groups is 1. The van der Waals surface area contributed by atoms with Crippen molar-refractivity contribution in [3.8, 4) is 17.2 Å². The average Bonchev–Trinajstić information content (AvgIpc) is 2.94. The van der Waals surface area contributed by atoms with Gasteiger partial charge in [-0.1, -0.05) is 6.92 Å². The Bertz CT molecular complexity index is 768. The molecule has 0 saturated carbocycles. The third kappa shape index (κ3) is 4.98. The van der Waals surface area contributed by atoms with Crippen molar-refractivity contribution in [1.29, 1.82) is 0 Å². The van der Waals surface area contributed by atoms with Gasteiger partial charge in [0.25, 0.3) is 11.1 Å². The number of ether oxygens (including phenoxy) is 3. The zero-order chi connectivity index (χ0) is 20.7. The van der Waals surface area contributed by atoms with Crippen LogP contribution in [0.3, 0.4) is 0 Å². The quantitative estimate of drug-likeness (QED) is 0.628. The predicted octanol–water partition coefficient (Wildman–Crippen LogP) is 2.67. The van der Waals surface area contributed by atoms with E-state index >= 15 is 0 Å². The maximum absolute atomic E-state index is 12.6. The Kier molecular flexibility index (Phi) is 7.74. The highest BCUT2D eigenvalue weighted by atomic mass is 32.2. The van der Waals surface area contributed by atoms with Crippen molar-refractivity contribution in [1.82, 2.24) is 10.2 Å². The summed E-state index contributed by atoms with van der Waals surface area (Å²) in [6, 6.07) is 3.39. The van der Waals surface area contributed by atoms with Crippen molar-refractivity contribution in [2.45, 2.75) is 19.8 Å². The van der Waals surface area contributed by atoms with E-state index in [-0.39, 0.29) is 24.2 Å². The predicted molar refractivity (Wildman–Crippen MR) is 107 cm³/mol. The number of carbonyl (C=O) groups excluding carboxylic acids is 3. The first-order valence-corrected chi connectivity index (χ1v) is 9.58. The van der Waals surface area contributed by atoms with Crippen LogP contribution in [0.4, 0.5) is 4.79 Å². The van der Waals surface area contributed by atoms with E-state index in [0.717, 1.165) is 23.1 Å². The molecule has 2 rings (SSSR count). The zero-order valence-electron chi connectivity index (χ0n) is 16.4. The topological polar surface area (TPSA) is 94.2 Å². The maximum atomic E-state index is 12.6. The molecule has 1 fully saturated rings. The van der Waals surface area contributed by atoms with E-state index in [1.165, 1.54) is 21.3 Å². The molecular formula is C19H24N2O6S. The molecule has 1 heterocycles. The Hall–Kier alpha value is -2.68. The fraction of sp³-hybridized carbons (Fsp3) is 0.421. The molecule has 0 atom stereocenters. The minimum atomic E-state index is -0.395. The van der Waals surface area contributed by atoms with Crippen LogP contribution in [-0.2, 0) is 9.59 Å². The molecule has 1 aliphatic heterocycles. The van der Waals surface area contributed by atoms with Crippen LogP contribution >= 0.6 is 11.8 Å². The molecule has 28 heavy (non-hydrogen) atoms.